The highest BCUT2D eigenvalue weighted by molar-refractivity contribution is 5.94. The number of imide groups is 1. The highest BCUT2D eigenvalue weighted by Gasteiger charge is 2.42. The molecule has 0 aromatic heterocycles. The van der Waals surface area contributed by atoms with Crippen molar-refractivity contribution in [3.63, 3.8) is 0 Å². The second-order valence-corrected chi connectivity index (χ2v) is 9.22. The summed E-state index contributed by atoms with van der Waals surface area (Å²) in [6.07, 6.45) is -2.75. The Hall–Kier alpha value is -2.39. The molecule has 0 heterocycles. The number of nitrogens with zero attached hydrogens (tertiary/aromatic N) is 2. The lowest BCUT2D eigenvalue weighted by molar-refractivity contribution is -0.481. The van der Waals surface area contributed by atoms with Crippen LogP contribution in [-0.4, -0.2) is 57.4 Å². The molecule has 28 heavy (non-hydrogen) atoms. The Kier molecular flexibility index (Phi) is 8.42. The minimum absolute atomic E-state index is 0.444. The van der Waals surface area contributed by atoms with Crippen LogP contribution < -0.4 is 0 Å². The van der Waals surface area contributed by atoms with Crippen molar-refractivity contribution in [2.24, 2.45) is 0 Å². The van der Waals surface area contributed by atoms with Crippen molar-refractivity contribution in [1.82, 2.24) is 4.90 Å². The van der Waals surface area contributed by atoms with E-state index < -0.39 is 58.9 Å². The fourth-order valence-electron chi connectivity index (χ4n) is 1.90. The number of ether oxygens (including phenoxy) is 3. The van der Waals surface area contributed by atoms with Gasteiger partial charge in [0.1, 0.15) is 16.8 Å². The highest BCUT2D eigenvalue weighted by atomic mass is 16.6. The van der Waals surface area contributed by atoms with Gasteiger partial charge in [0, 0.05) is 11.3 Å². The van der Waals surface area contributed by atoms with Crippen molar-refractivity contribution in [2.75, 3.05) is 6.54 Å². The number of esters is 1. The molecule has 0 aromatic carbocycles. The lowest BCUT2D eigenvalue weighted by atomic mass is 10.1. The smallest absolute Gasteiger partial charge is 0.420 e. The van der Waals surface area contributed by atoms with Gasteiger partial charge in [-0.1, -0.05) is 0 Å². The van der Waals surface area contributed by atoms with E-state index in [4.69, 9.17) is 14.2 Å². The number of amides is 2. The summed E-state index contributed by atoms with van der Waals surface area (Å²) in [5.74, 6) is -0.967. The van der Waals surface area contributed by atoms with Crippen LogP contribution in [0, 0.1) is 10.1 Å². The zero-order chi connectivity index (χ0) is 22.5. The van der Waals surface area contributed by atoms with Gasteiger partial charge in [0.25, 0.3) is 0 Å². The normalized spacial score (nSPS) is 13.3. The molecule has 0 bridgehead atoms. The van der Waals surface area contributed by atoms with E-state index in [-0.39, 0.29) is 0 Å². The molecule has 0 radical (unpaired) electrons. The zero-order valence-corrected chi connectivity index (χ0v) is 18.2. The third-order valence-corrected chi connectivity index (χ3v) is 2.76. The fraction of sp³-hybridized carbons (Fsp3) is 0.833. The van der Waals surface area contributed by atoms with Crippen molar-refractivity contribution in [1.29, 1.82) is 0 Å². The Bertz CT molecular complexity index is 568. The van der Waals surface area contributed by atoms with E-state index in [1.807, 2.05) is 0 Å². The molecule has 0 N–H and O–H groups in total. The predicted molar refractivity (Wildman–Crippen MR) is 100 cm³/mol. The Balaban J connectivity index is 6.02. The standard InChI is InChI=1S/C18H32N2O8/c1-16(2,3)26-13(21)12(10-11-19(24)25)20(14(22)27-17(4,5)6)15(23)28-18(7,8)9/h12H,10-11H2,1-9H3/t12-/m0/s1. The van der Waals surface area contributed by atoms with Crippen LogP contribution in [0.5, 0.6) is 0 Å². The maximum absolute atomic E-state index is 12.7. The van der Waals surface area contributed by atoms with Crippen LogP contribution in [0.25, 0.3) is 0 Å². The van der Waals surface area contributed by atoms with E-state index in [1.54, 1.807) is 62.3 Å². The van der Waals surface area contributed by atoms with Gasteiger partial charge in [0.05, 0.1) is 0 Å². The van der Waals surface area contributed by atoms with Gasteiger partial charge in [-0.05, 0) is 62.3 Å². The van der Waals surface area contributed by atoms with Gasteiger partial charge in [-0.25, -0.2) is 14.4 Å². The summed E-state index contributed by atoms with van der Waals surface area (Å²) < 4.78 is 15.7. The summed E-state index contributed by atoms with van der Waals surface area (Å²) in [6.45, 7) is 13.6. The van der Waals surface area contributed by atoms with Gasteiger partial charge in [-0.15, -0.1) is 0 Å². The number of carbonyl (C=O) groups excluding carboxylic acids is 3. The lowest BCUT2D eigenvalue weighted by Crippen LogP contribution is -2.53. The van der Waals surface area contributed by atoms with Gasteiger partial charge in [0.2, 0.25) is 6.54 Å². The van der Waals surface area contributed by atoms with Crippen LogP contribution in [0.3, 0.4) is 0 Å². The average Bonchev–Trinajstić information content (AvgIpc) is 2.36. The van der Waals surface area contributed by atoms with Crippen molar-refractivity contribution in [3.8, 4) is 0 Å². The number of rotatable bonds is 5. The minimum Gasteiger partial charge on any atom is -0.458 e. The third-order valence-electron chi connectivity index (χ3n) is 2.76. The Morgan fingerprint density at radius 3 is 1.46 bits per heavy atom. The molecule has 10 nitrogen and oxygen atoms in total. The molecule has 0 spiro atoms. The monoisotopic (exact) mass is 404 g/mol. The molecule has 1 atom stereocenters. The molecule has 0 aromatic rings. The van der Waals surface area contributed by atoms with E-state index in [9.17, 15) is 24.5 Å². The molecule has 0 saturated carbocycles. The minimum atomic E-state index is -1.57. The second kappa shape index (κ2) is 9.20. The van der Waals surface area contributed by atoms with Crippen LogP contribution in [0.15, 0.2) is 0 Å². The number of hydrogen-bond acceptors (Lipinski definition) is 8. The molecule has 10 heteroatoms. The molecule has 0 aliphatic carbocycles. The van der Waals surface area contributed by atoms with E-state index in [0.717, 1.165) is 0 Å². The Morgan fingerprint density at radius 2 is 1.18 bits per heavy atom. The largest absolute Gasteiger partial charge is 0.458 e. The third kappa shape index (κ3) is 10.7. The summed E-state index contributed by atoms with van der Waals surface area (Å²) in [4.78, 5) is 48.6. The molecular weight excluding hydrogens is 372 g/mol. The summed E-state index contributed by atoms with van der Waals surface area (Å²) in [5.41, 5.74) is -2.88. The average molecular weight is 404 g/mol. The molecule has 0 unspecified atom stereocenters. The topological polar surface area (TPSA) is 125 Å². The van der Waals surface area contributed by atoms with Crippen molar-refractivity contribution in [2.45, 2.75) is 91.6 Å². The van der Waals surface area contributed by atoms with Crippen LogP contribution in [0.1, 0.15) is 68.7 Å². The van der Waals surface area contributed by atoms with Gasteiger partial charge in [0.15, 0.2) is 6.04 Å². The Labute approximate surface area is 165 Å². The number of hydrogen-bond donors (Lipinski definition) is 0. The number of carbonyl (C=O) groups is 3. The first-order valence-electron chi connectivity index (χ1n) is 8.92. The van der Waals surface area contributed by atoms with Crippen LogP contribution in [0.2, 0.25) is 0 Å². The van der Waals surface area contributed by atoms with Gasteiger partial charge >= 0.3 is 18.2 Å². The first kappa shape index (κ1) is 25.6. The van der Waals surface area contributed by atoms with Crippen LogP contribution >= 0.6 is 0 Å². The lowest BCUT2D eigenvalue weighted by Gasteiger charge is -2.33. The maximum Gasteiger partial charge on any atom is 0.420 e. The summed E-state index contributed by atoms with van der Waals surface area (Å²) in [7, 11) is 0. The molecule has 0 aliphatic heterocycles. The zero-order valence-electron chi connectivity index (χ0n) is 18.2. The van der Waals surface area contributed by atoms with E-state index in [1.165, 1.54) is 0 Å². The van der Waals surface area contributed by atoms with E-state index >= 15 is 0 Å². The summed E-state index contributed by atoms with van der Waals surface area (Å²) in [6, 6.07) is -1.57. The van der Waals surface area contributed by atoms with Crippen molar-refractivity contribution >= 4 is 18.2 Å². The molecule has 0 rings (SSSR count). The molecule has 2 amide bonds. The van der Waals surface area contributed by atoms with Crippen LogP contribution in [-0.2, 0) is 19.0 Å². The maximum atomic E-state index is 12.7. The van der Waals surface area contributed by atoms with Gasteiger partial charge in [-0.3, -0.25) is 10.1 Å². The summed E-state index contributed by atoms with van der Waals surface area (Å²) in [5, 5.41) is 10.8. The van der Waals surface area contributed by atoms with E-state index in [0.29, 0.717) is 4.90 Å². The Morgan fingerprint density at radius 1 is 0.821 bits per heavy atom. The fourth-order valence-corrected chi connectivity index (χ4v) is 1.90. The number of nitro groups is 1. The molecule has 0 saturated heterocycles. The quantitative estimate of drug-likeness (QED) is 0.295. The molecule has 162 valence electrons. The van der Waals surface area contributed by atoms with Gasteiger partial charge in [-0.2, -0.15) is 4.90 Å². The molecule has 0 fully saturated rings. The highest BCUT2D eigenvalue weighted by Crippen LogP contribution is 2.21. The first-order valence-corrected chi connectivity index (χ1v) is 8.92. The van der Waals surface area contributed by atoms with Crippen molar-refractivity contribution < 1.29 is 33.5 Å². The molecule has 0 aliphatic rings. The SMILES string of the molecule is CC(C)(C)OC(=O)[C@H](CC[N+](=O)[O-])N(C(=O)OC(C)(C)C)C(=O)OC(C)(C)C. The summed E-state index contributed by atoms with van der Waals surface area (Å²) >= 11 is 0. The first-order chi connectivity index (χ1) is 12.3. The second-order valence-electron chi connectivity index (χ2n) is 9.22. The van der Waals surface area contributed by atoms with Crippen molar-refractivity contribution in [3.05, 3.63) is 10.1 Å². The van der Waals surface area contributed by atoms with E-state index in [2.05, 4.69) is 0 Å². The van der Waals surface area contributed by atoms with Crippen LogP contribution in [0.4, 0.5) is 9.59 Å². The predicted octanol–water partition coefficient (Wildman–Crippen LogP) is 3.54. The molecular formula is C18H32N2O8. The van der Waals surface area contributed by atoms with Gasteiger partial charge < -0.3 is 14.2 Å².